The number of hydrogen-bond acceptors (Lipinski definition) is 3. The lowest BCUT2D eigenvalue weighted by Crippen LogP contribution is -2.08. The molecule has 2 rings (SSSR count). The van der Waals surface area contributed by atoms with Gasteiger partial charge in [-0.25, -0.2) is 4.98 Å². The third-order valence-corrected chi connectivity index (χ3v) is 4.06. The van der Waals surface area contributed by atoms with E-state index in [0.29, 0.717) is 5.28 Å². The Balaban J connectivity index is 1.76. The van der Waals surface area contributed by atoms with Gasteiger partial charge in [0.1, 0.15) is 5.82 Å². The van der Waals surface area contributed by atoms with Gasteiger partial charge in [0.15, 0.2) is 0 Å². The topological polar surface area (TPSA) is 41.6 Å². The fraction of sp³-hybridized carbons (Fsp3) is 0.778. The molecule has 0 unspecified atom stereocenters. The lowest BCUT2D eigenvalue weighted by Gasteiger charge is -2.20. The molecule has 1 aliphatic carbocycles. The number of nitrogens with one attached hydrogen (secondary N) is 1. The average Bonchev–Trinajstić information content (AvgIpc) is 2.63. The van der Waals surface area contributed by atoms with Crippen molar-refractivity contribution in [2.45, 2.75) is 43.1 Å². The van der Waals surface area contributed by atoms with Crippen molar-refractivity contribution in [3.8, 4) is 0 Å². The van der Waals surface area contributed by atoms with Crippen LogP contribution in [-0.4, -0.2) is 20.4 Å². The molecule has 0 radical (unpaired) electrons. The predicted octanol–water partition coefficient (Wildman–Crippen LogP) is 3.02. The van der Waals surface area contributed by atoms with E-state index in [1.165, 1.54) is 32.1 Å². The average molecular weight is 232 g/mol. The number of aromatic amines is 1. The summed E-state index contributed by atoms with van der Waals surface area (Å²) in [6, 6.07) is 0. The van der Waals surface area contributed by atoms with Gasteiger partial charge in [-0.15, -0.1) is 5.10 Å². The van der Waals surface area contributed by atoms with Crippen molar-refractivity contribution in [1.82, 2.24) is 15.2 Å². The first-order chi connectivity index (χ1) is 6.84. The van der Waals surface area contributed by atoms with E-state index >= 15 is 0 Å². The first kappa shape index (κ1) is 10.3. The standard InChI is InChI=1S/C9H14ClN3S/c10-9-11-8(12-13-9)6-14-7-4-2-1-3-5-7/h7H,1-6H2,(H,11,12,13). The van der Waals surface area contributed by atoms with Gasteiger partial charge in [-0.1, -0.05) is 19.3 Å². The molecule has 0 spiro atoms. The lowest BCUT2D eigenvalue weighted by atomic mass is 10.0. The Morgan fingerprint density at radius 2 is 2.14 bits per heavy atom. The molecule has 1 fully saturated rings. The van der Waals surface area contributed by atoms with E-state index in [2.05, 4.69) is 15.2 Å². The highest BCUT2D eigenvalue weighted by Crippen LogP contribution is 2.29. The van der Waals surface area contributed by atoms with Crippen LogP contribution >= 0.6 is 23.4 Å². The van der Waals surface area contributed by atoms with Crippen LogP contribution < -0.4 is 0 Å². The van der Waals surface area contributed by atoms with E-state index in [0.717, 1.165) is 16.8 Å². The van der Waals surface area contributed by atoms with Crippen LogP contribution in [-0.2, 0) is 5.75 Å². The Morgan fingerprint density at radius 3 is 2.79 bits per heavy atom. The SMILES string of the molecule is Clc1n[nH]c(CSC2CCCCC2)n1. The molecule has 1 aromatic heterocycles. The van der Waals surface area contributed by atoms with E-state index in [9.17, 15) is 0 Å². The van der Waals surface area contributed by atoms with Gasteiger partial charge in [0.05, 0.1) is 5.75 Å². The quantitative estimate of drug-likeness (QED) is 0.870. The normalized spacial score (nSPS) is 18.6. The largest absolute Gasteiger partial charge is 0.261 e. The van der Waals surface area contributed by atoms with Gasteiger partial charge in [0.25, 0.3) is 0 Å². The lowest BCUT2D eigenvalue weighted by molar-refractivity contribution is 0.516. The second-order valence-electron chi connectivity index (χ2n) is 3.62. The molecule has 0 atom stereocenters. The molecule has 5 heteroatoms. The Kier molecular flexibility index (Phi) is 3.70. The molecule has 0 saturated heterocycles. The first-order valence-electron chi connectivity index (χ1n) is 5.03. The number of nitrogens with zero attached hydrogens (tertiary/aromatic N) is 2. The van der Waals surface area contributed by atoms with Crippen molar-refractivity contribution in [3.63, 3.8) is 0 Å². The molecular formula is C9H14ClN3S. The highest BCUT2D eigenvalue weighted by molar-refractivity contribution is 7.99. The molecular weight excluding hydrogens is 218 g/mol. The third-order valence-electron chi connectivity index (χ3n) is 2.51. The van der Waals surface area contributed by atoms with Gasteiger partial charge >= 0.3 is 0 Å². The monoisotopic (exact) mass is 231 g/mol. The maximum absolute atomic E-state index is 5.62. The third kappa shape index (κ3) is 2.89. The van der Waals surface area contributed by atoms with E-state index in [1.54, 1.807) is 0 Å². The van der Waals surface area contributed by atoms with Gasteiger partial charge in [0.2, 0.25) is 5.28 Å². The van der Waals surface area contributed by atoms with Crippen LogP contribution in [0.15, 0.2) is 0 Å². The predicted molar refractivity (Wildman–Crippen MR) is 59.6 cm³/mol. The van der Waals surface area contributed by atoms with Crippen LogP contribution in [0.1, 0.15) is 37.9 Å². The molecule has 78 valence electrons. The van der Waals surface area contributed by atoms with Crippen molar-refractivity contribution < 1.29 is 0 Å². The number of halogens is 1. The summed E-state index contributed by atoms with van der Waals surface area (Å²) in [5, 5.41) is 7.76. The summed E-state index contributed by atoms with van der Waals surface area (Å²) in [6.45, 7) is 0. The Labute approximate surface area is 93.0 Å². The van der Waals surface area contributed by atoms with Crippen LogP contribution in [0.25, 0.3) is 0 Å². The molecule has 1 aromatic rings. The molecule has 0 aromatic carbocycles. The maximum atomic E-state index is 5.62. The summed E-state index contributed by atoms with van der Waals surface area (Å²) in [6.07, 6.45) is 6.88. The van der Waals surface area contributed by atoms with Crippen LogP contribution in [0, 0.1) is 0 Å². The fourth-order valence-electron chi connectivity index (χ4n) is 1.77. The minimum Gasteiger partial charge on any atom is -0.261 e. The van der Waals surface area contributed by atoms with Crippen molar-refractivity contribution in [2.24, 2.45) is 0 Å². The fourth-order valence-corrected chi connectivity index (χ4v) is 3.10. The summed E-state index contributed by atoms with van der Waals surface area (Å²) in [7, 11) is 0. The summed E-state index contributed by atoms with van der Waals surface area (Å²) in [5.41, 5.74) is 0. The first-order valence-corrected chi connectivity index (χ1v) is 6.45. The van der Waals surface area contributed by atoms with E-state index in [1.807, 2.05) is 11.8 Å². The molecule has 0 aliphatic heterocycles. The van der Waals surface area contributed by atoms with Gasteiger partial charge < -0.3 is 0 Å². The second-order valence-corrected chi connectivity index (χ2v) is 5.25. The number of thioether (sulfide) groups is 1. The highest BCUT2D eigenvalue weighted by atomic mass is 35.5. The van der Waals surface area contributed by atoms with Gasteiger partial charge in [-0.2, -0.15) is 11.8 Å². The van der Waals surface area contributed by atoms with Crippen molar-refractivity contribution in [2.75, 3.05) is 0 Å². The minimum absolute atomic E-state index is 0.323. The van der Waals surface area contributed by atoms with Crippen LogP contribution in [0.4, 0.5) is 0 Å². The van der Waals surface area contributed by atoms with Gasteiger partial charge in [-0.3, -0.25) is 5.10 Å². The number of rotatable bonds is 3. The molecule has 1 saturated carbocycles. The van der Waals surface area contributed by atoms with Gasteiger partial charge in [0, 0.05) is 5.25 Å². The number of aromatic nitrogens is 3. The smallest absolute Gasteiger partial charge is 0.242 e. The number of H-pyrrole nitrogens is 1. The molecule has 1 aliphatic rings. The summed E-state index contributed by atoms with van der Waals surface area (Å²) < 4.78 is 0. The molecule has 1 heterocycles. The minimum atomic E-state index is 0.323. The zero-order valence-electron chi connectivity index (χ0n) is 8.00. The summed E-state index contributed by atoms with van der Waals surface area (Å²) in [5.74, 6) is 1.80. The van der Waals surface area contributed by atoms with Crippen LogP contribution in [0.3, 0.4) is 0 Å². The van der Waals surface area contributed by atoms with Crippen molar-refractivity contribution >= 4 is 23.4 Å². The Bertz CT molecular complexity index is 283. The maximum Gasteiger partial charge on any atom is 0.242 e. The summed E-state index contributed by atoms with van der Waals surface area (Å²) in [4.78, 5) is 4.07. The zero-order valence-corrected chi connectivity index (χ0v) is 9.57. The van der Waals surface area contributed by atoms with Crippen LogP contribution in [0.2, 0.25) is 5.28 Å². The Morgan fingerprint density at radius 1 is 1.36 bits per heavy atom. The van der Waals surface area contributed by atoms with E-state index < -0.39 is 0 Å². The number of hydrogen-bond donors (Lipinski definition) is 1. The zero-order chi connectivity index (χ0) is 9.80. The molecule has 14 heavy (non-hydrogen) atoms. The van der Waals surface area contributed by atoms with E-state index in [4.69, 9.17) is 11.6 Å². The molecule has 1 N–H and O–H groups in total. The molecule has 3 nitrogen and oxygen atoms in total. The van der Waals surface area contributed by atoms with Gasteiger partial charge in [-0.05, 0) is 24.4 Å². The van der Waals surface area contributed by atoms with Crippen molar-refractivity contribution in [3.05, 3.63) is 11.1 Å². The molecule has 0 bridgehead atoms. The molecule has 0 amide bonds. The highest BCUT2D eigenvalue weighted by Gasteiger charge is 2.14. The summed E-state index contributed by atoms with van der Waals surface area (Å²) >= 11 is 7.59. The van der Waals surface area contributed by atoms with Crippen molar-refractivity contribution in [1.29, 1.82) is 0 Å². The van der Waals surface area contributed by atoms with E-state index in [-0.39, 0.29) is 0 Å². The second kappa shape index (κ2) is 5.03. The Hall–Kier alpha value is -0.220. The van der Waals surface area contributed by atoms with Crippen LogP contribution in [0.5, 0.6) is 0 Å².